The van der Waals surface area contributed by atoms with E-state index in [1.54, 1.807) is 12.1 Å². The number of methoxy groups -OCH3 is 2. The maximum absolute atomic E-state index is 13.4. The van der Waals surface area contributed by atoms with Crippen LogP contribution in [-0.4, -0.2) is 67.3 Å². The fraction of sp³-hybridized carbons (Fsp3) is 0.226. The first kappa shape index (κ1) is 33.6. The molecule has 0 unspecified atom stereocenters. The highest BCUT2D eigenvalue weighted by atomic mass is 16.6. The number of carboxylic acids is 1. The van der Waals surface area contributed by atoms with Crippen LogP contribution in [0.4, 0.5) is 5.69 Å². The molecule has 14 heteroatoms. The second-order valence-electron chi connectivity index (χ2n) is 9.26. The Hall–Kier alpha value is -5.92. The SMILES string of the molecule is COc1cc(C(=O)O[C@H](C(=O)Nc2ccc(C)cc2)[C@@H](OC(=O)c2ccc(OC(C)=O)c(OC)c2)C(=O)O)ccc1OC(C)=O. The molecule has 0 heterocycles. The number of carboxylic acid groups (broad SMARTS) is 1. The number of esters is 4. The van der Waals surface area contributed by atoms with Crippen molar-refractivity contribution < 1.29 is 62.3 Å². The highest BCUT2D eigenvalue weighted by Crippen LogP contribution is 2.30. The lowest BCUT2D eigenvalue weighted by Crippen LogP contribution is -2.48. The topological polar surface area (TPSA) is 190 Å². The average Bonchev–Trinajstić information content (AvgIpc) is 2.99. The molecule has 0 spiro atoms. The Labute approximate surface area is 256 Å². The zero-order valence-electron chi connectivity index (χ0n) is 24.8. The molecule has 3 rings (SSSR count). The van der Waals surface area contributed by atoms with E-state index in [0.717, 1.165) is 31.5 Å². The van der Waals surface area contributed by atoms with Gasteiger partial charge >= 0.3 is 29.8 Å². The van der Waals surface area contributed by atoms with E-state index in [4.69, 9.17) is 28.4 Å². The van der Waals surface area contributed by atoms with Crippen LogP contribution < -0.4 is 24.3 Å². The Morgan fingerprint density at radius 2 is 1.09 bits per heavy atom. The van der Waals surface area contributed by atoms with Crippen LogP contribution in [0.3, 0.4) is 0 Å². The Balaban J connectivity index is 1.96. The molecule has 0 saturated carbocycles. The third kappa shape index (κ3) is 9.03. The molecule has 236 valence electrons. The number of hydrogen-bond acceptors (Lipinski definition) is 12. The summed E-state index contributed by atoms with van der Waals surface area (Å²) in [6.45, 7) is 4.13. The lowest BCUT2D eigenvalue weighted by atomic mass is 10.1. The van der Waals surface area contributed by atoms with Crippen LogP contribution in [-0.2, 0) is 28.7 Å². The summed E-state index contributed by atoms with van der Waals surface area (Å²) in [5, 5.41) is 12.5. The zero-order valence-corrected chi connectivity index (χ0v) is 24.8. The van der Waals surface area contributed by atoms with Crippen LogP contribution in [0.25, 0.3) is 0 Å². The van der Waals surface area contributed by atoms with E-state index in [1.807, 2.05) is 6.92 Å². The van der Waals surface area contributed by atoms with E-state index in [1.165, 1.54) is 50.6 Å². The van der Waals surface area contributed by atoms with Crippen LogP contribution in [0.15, 0.2) is 60.7 Å². The average molecular weight is 624 g/mol. The Morgan fingerprint density at radius 1 is 0.644 bits per heavy atom. The van der Waals surface area contributed by atoms with Crippen LogP contribution in [0.2, 0.25) is 0 Å². The fourth-order valence-electron chi connectivity index (χ4n) is 3.78. The molecule has 3 aromatic rings. The number of carbonyl (C=O) groups is 6. The molecule has 0 aliphatic heterocycles. The molecule has 0 saturated heterocycles. The summed E-state index contributed by atoms with van der Waals surface area (Å²) in [6, 6.07) is 13.5. The Bertz CT molecular complexity index is 1610. The van der Waals surface area contributed by atoms with Gasteiger partial charge in [0.15, 0.2) is 23.0 Å². The van der Waals surface area contributed by atoms with Crippen molar-refractivity contribution in [3.05, 3.63) is 77.4 Å². The summed E-state index contributed by atoms with van der Waals surface area (Å²) in [5.74, 6) is -6.78. The Kier molecular flexibility index (Phi) is 11.2. The van der Waals surface area contributed by atoms with Crippen molar-refractivity contribution >= 4 is 41.4 Å². The number of ether oxygens (including phenoxy) is 6. The third-order valence-corrected chi connectivity index (χ3v) is 5.87. The van der Waals surface area contributed by atoms with Crippen LogP contribution in [0.1, 0.15) is 40.1 Å². The number of aliphatic carboxylic acids is 1. The highest BCUT2D eigenvalue weighted by molar-refractivity contribution is 6.01. The summed E-state index contributed by atoms with van der Waals surface area (Å²) in [7, 11) is 2.50. The summed E-state index contributed by atoms with van der Waals surface area (Å²) >= 11 is 0. The molecule has 3 aromatic carbocycles. The first-order valence-corrected chi connectivity index (χ1v) is 13.1. The van der Waals surface area contributed by atoms with E-state index in [9.17, 15) is 33.9 Å². The molecule has 0 radical (unpaired) electrons. The monoisotopic (exact) mass is 623 g/mol. The van der Waals surface area contributed by atoms with Crippen molar-refractivity contribution in [3.63, 3.8) is 0 Å². The van der Waals surface area contributed by atoms with Gasteiger partial charge in [0.05, 0.1) is 25.3 Å². The molecule has 1 amide bonds. The van der Waals surface area contributed by atoms with E-state index in [0.29, 0.717) is 0 Å². The van der Waals surface area contributed by atoms with Gasteiger partial charge in [-0.1, -0.05) is 17.7 Å². The van der Waals surface area contributed by atoms with Gasteiger partial charge in [-0.25, -0.2) is 14.4 Å². The summed E-state index contributed by atoms with van der Waals surface area (Å²) in [6.07, 6.45) is -4.55. The normalized spacial score (nSPS) is 11.7. The molecular weight excluding hydrogens is 594 g/mol. The fourth-order valence-corrected chi connectivity index (χ4v) is 3.78. The van der Waals surface area contributed by atoms with Crippen molar-refractivity contribution in [3.8, 4) is 23.0 Å². The van der Waals surface area contributed by atoms with Crippen LogP contribution in [0.5, 0.6) is 23.0 Å². The van der Waals surface area contributed by atoms with E-state index >= 15 is 0 Å². The minimum Gasteiger partial charge on any atom is -0.493 e. The number of benzene rings is 3. The predicted molar refractivity (Wildman–Crippen MR) is 154 cm³/mol. The van der Waals surface area contributed by atoms with Gasteiger partial charge in [-0.15, -0.1) is 0 Å². The molecule has 0 bridgehead atoms. The second kappa shape index (κ2) is 15.0. The molecular formula is C31H29NO13. The molecule has 2 N–H and O–H groups in total. The molecule has 0 aliphatic carbocycles. The minimum absolute atomic E-state index is 0.0114. The van der Waals surface area contributed by atoms with Crippen molar-refractivity contribution in [2.45, 2.75) is 33.0 Å². The van der Waals surface area contributed by atoms with Crippen molar-refractivity contribution in [2.75, 3.05) is 19.5 Å². The van der Waals surface area contributed by atoms with Crippen molar-refractivity contribution in [2.24, 2.45) is 0 Å². The Morgan fingerprint density at radius 3 is 1.49 bits per heavy atom. The van der Waals surface area contributed by atoms with Gasteiger partial charge in [0.1, 0.15) is 0 Å². The second-order valence-corrected chi connectivity index (χ2v) is 9.26. The largest absolute Gasteiger partial charge is 0.493 e. The molecule has 2 atom stereocenters. The number of rotatable bonds is 12. The number of hydrogen-bond donors (Lipinski definition) is 2. The van der Waals surface area contributed by atoms with E-state index in [2.05, 4.69) is 5.32 Å². The van der Waals surface area contributed by atoms with Gasteiger partial charge in [-0.2, -0.15) is 0 Å². The number of anilines is 1. The molecule has 0 fully saturated rings. The van der Waals surface area contributed by atoms with Crippen LogP contribution in [0, 0.1) is 6.92 Å². The predicted octanol–water partition coefficient (Wildman–Crippen LogP) is 3.34. The molecule has 0 aromatic heterocycles. The molecule has 45 heavy (non-hydrogen) atoms. The third-order valence-electron chi connectivity index (χ3n) is 5.87. The van der Waals surface area contributed by atoms with E-state index < -0.39 is 48.0 Å². The number of nitrogens with one attached hydrogen (secondary N) is 1. The van der Waals surface area contributed by atoms with Gasteiger partial charge in [0.25, 0.3) is 5.91 Å². The highest BCUT2D eigenvalue weighted by Gasteiger charge is 2.41. The summed E-state index contributed by atoms with van der Waals surface area (Å²) < 4.78 is 30.8. The lowest BCUT2D eigenvalue weighted by Gasteiger charge is -2.24. The molecule has 0 aliphatic rings. The van der Waals surface area contributed by atoms with Gasteiger partial charge in [0, 0.05) is 19.5 Å². The van der Waals surface area contributed by atoms with Gasteiger partial charge in [-0.3, -0.25) is 14.4 Å². The van der Waals surface area contributed by atoms with Gasteiger partial charge < -0.3 is 38.8 Å². The minimum atomic E-state index is -2.34. The standard InChI is InChI=1S/C31H29NO13/c1-16-6-10-21(11-7-16)32-28(35)26(44-30(38)19-8-12-22(42-17(2)33)24(14-19)40-4)27(29(36)37)45-31(39)20-9-13-23(43-18(3)34)25(15-20)41-5/h6-15,26-27H,1-5H3,(H,32,35)(H,36,37)/t26-,27+/m0/s1. The lowest BCUT2D eigenvalue weighted by molar-refractivity contribution is -0.157. The van der Waals surface area contributed by atoms with E-state index in [-0.39, 0.29) is 39.8 Å². The number of amides is 1. The van der Waals surface area contributed by atoms with Crippen molar-refractivity contribution in [1.29, 1.82) is 0 Å². The quantitative estimate of drug-likeness (QED) is 0.221. The first-order valence-electron chi connectivity index (χ1n) is 13.1. The van der Waals surface area contributed by atoms with Gasteiger partial charge in [-0.05, 0) is 55.5 Å². The smallest absolute Gasteiger partial charge is 0.349 e. The van der Waals surface area contributed by atoms with Gasteiger partial charge in [0.2, 0.25) is 12.2 Å². The summed E-state index contributed by atoms with van der Waals surface area (Å²) in [4.78, 5) is 74.7. The number of aryl methyl sites for hydroxylation is 1. The zero-order chi connectivity index (χ0) is 33.3. The maximum atomic E-state index is 13.4. The first-order chi connectivity index (χ1) is 21.3. The van der Waals surface area contributed by atoms with Crippen molar-refractivity contribution in [1.82, 2.24) is 0 Å². The maximum Gasteiger partial charge on any atom is 0.349 e. The number of carbonyl (C=O) groups excluding carboxylic acids is 5. The summed E-state index contributed by atoms with van der Waals surface area (Å²) in [5.41, 5.74) is 0.663. The molecule has 14 nitrogen and oxygen atoms in total. The van der Waals surface area contributed by atoms with Crippen LogP contribution >= 0.6 is 0 Å².